The van der Waals surface area contributed by atoms with Gasteiger partial charge in [-0.3, -0.25) is 0 Å². The Bertz CT molecular complexity index is 815. The number of rotatable bonds is 6. The van der Waals surface area contributed by atoms with E-state index in [0.717, 1.165) is 0 Å². The maximum absolute atomic E-state index is 12.2. The van der Waals surface area contributed by atoms with Crippen LogP contribution in [-0.4, -0.2) is 31.9 Å². The molecule has 1 aromatic heterocycles. The van der Waals surface area contributed by atoms with E-state index in [2.05, 4.69) is 30.5 Å². The predicted molar refractivity (Wildman–Crippen MR) is 109 cm³/mol. The number of hydrogen-bond donors (Lipinski definition) is 2. The Morgan fingerprint density at radius 2 is 1.92 bits per heavy atom. The Kier molecular flexibility index (Phi) is 6.56. The minimum atomic E-state index is -3.48. The van der Waals surface area contributed by atoms with Crippen molar-refractivity contribution in [1.82, 2.24) is 9.62 Å². The summed E-state index contributed by atoms with van der Waals surface area (Å²) in [5, 5.41) is 8.91. The van der Waals surface area contributed by atoms with Crippen LogP contribution in [0.4, 0.5) is 5.69 Å². The maximum atomic E-state index is 12.2. The van der Waals surface area contributed by atoms with Crippen LogP contribution in [-0.2, 0) is 10.0 Å². The molecule has 1 atom stereocenters. The van der Waals surface area contributed by atoms with Crippen LogP contribution in [0.15, 0.2) is 46.7 Å². The van der Waals surface area contributed by atoms with Gasteiger partial charge in [-0.05, 0) is 47.8 Å². The summed E-state index contributed by atoms with van der Waals surface area (Å²) in [6.45, 7) is 4.26. The molecule has 0 saturated carbocycles. The van der Waals surface area contributed by atoms with Gasteiger partial charge in [0.15, 0.2) is 5.11 Å². The number of hydrogen-bond acceptors (Lipinski definition) is 4. The van der Waals surface area contributed by atoms with Gasteiger partial charge in [0.1, 0.15) is 0 Å². The zero-order chi connectivity index (χ0) is 18.6. The molecule has 2 rings (SSSR count). The van der Waals surface area contributed by atoms with Crippen LogP contribution in [0.1, 0.15) is 24.8 Å². The molecule has 0 aliphatic carbocycles. The van der Waals surface area contributed by atoms with Gasteiger partial charge in [0.2, 0.25) is 10.0 Å². The van der Waals surface area contributed by atoms with Crippen LogP contribution in [0.5, 0.6) is 0 Å². The van der Waals surface area contributed by atoms with Gasteiger partial charge in [-0.25, -0.2) is 12.7 Å². The molecule has 2 aromatic rings. The van der Waals surface area contributed by atoms with E-state index < -0.39 is 10.0 Å². The van der Waals surface area contributed by atoms with E-state index in [9.17, 15) is 8.42 Å². The summed E-state index contributed by atoms with van der Waals surface area (Å²) in [5.74, 6) is 0.360. The number of thiophene rings is 1. The fourth-order valence-electron chi connectivity index (χ4n) is 2.29. The summed E-state index contributed by atoms with van der Waals surface area (Å²) in [6.07, 6.45) is 0. The molecular formula is C17H23N3O2S3. The summed E-state index contributed by atoms with van der Waals surface area (Å²) in [7, 11) is -0.456. The highest BCUT2D eigenvalue weighted by molar-refractivity contribution is 7.89. The highest BCUT2D eigenvalue weighted by atomic mass is 32.2. The molecule has 25 heavy (non-hydrogen) atoms. The Hall–Kier alpha value is -1.48. The number of sulfonamides is 1. The topological polar surface area (TPSA) is 61.4 Å². The zero-order valence-electron chi connectivity index (χ0n) is 14.7. The van der Waals surface area contributed by atoms with E-state index >= 15 is 0 Å². The Labute approximate surface area is 159 Å². The van der Waals surface area contributed by atoms with E-state index in [-0.39, 0.29) is 10.9 Å². The molecule has 1 heterocycles. The zero-order valence-corrected chi connectivity index (χ0v) is 17.1. The van der Waals surface area contributed by atoms with Crippen LogP contribution in [0.25, 0.3) is 0 Å². The lowest BCUT2D eigenvalue weighted by atomic mass is 10.0. The molecule has 5 nitrogen and oxygen atoms in total. The molecule has 0 saturated heterocycles. The third kappa shape index (κ3) is 5.01. The lowest BCUT2D eigenvalue weighted by molar-refractivity contribution is 0.480. The van der Waals surface area contributed by atoms with Crippen molar-refractivity contribution >= 4 is 44.4 Å². The van der Waals surface area contributed by atoms with Gasteiger partial charge in [0, 0.05) is 24.7 Å². The maximum Gasteiger partial charge on any atom is 0.242 e. The van der Waals surface area contributed by atoms with E-state index in [1.165, 1.54) is 23.3 Å². The molecule has 0 bridgehead atoms. The van der Waals surface area contributed by atoms with Crippen molar-refractivity contribution in [3.8, 4) is 0 Å². The van der Waals surface area contributed by atoms with Gasteiger partial charge in [-0.1, -0.05) is 26.0 Å². The van der Waals surface area contributed by atoms with E-state index in [0.29, 0.717) is 16.7 Å². The van der Waals surface area contributed by atoms with Crippen LogP contribution in [0.2, 0.25) is 0 Å². The highest BCUT2D eigenvalue weighted by Crippen LogP contribution is 2.26. The Morgan fingerprint density at radius 3 is 2.48 bits per heavy atom. The first-order chi connectivity index (χ1) is 11.7. The highest BCUT2D eigenvalue weighted by Gasteiger charge is 2.19. The van der Waals surface area contributed by atoms with E-state index in [1.54, 1.807) is 35.6 Å². The second-order valence-electron chi connectivity index (χ2n) is 6.15. The van der Waals surface area contributed by atoms with Gasteiger partial charge in [0.25, 0.3) is 0 Å². The van der Waals surface area contributed by atoms with Gasteiger partial charge in [0.05, 0.1) is 10.9 Å². The normalized spacial score (nSPS) is 13.0. The number of thiocarbonyl (C=S) groups is 1. The first-order valence-electron chi connectivity index (χ1n) is 7.85. The molecule has 0 radical (unpaired) electrons. The standard InChI is InChI=1S/C17H23N3O2S3/c1-12(2)16(15-9-6-10-24-15)19-17(23)18-13-7-5-8-14(11-13)25(21,22)20(3)4/h5-12,16H,1-4H3,(H2,18,19,23)/t16-/m1/s1. The molecule has 0 unspecified atom stereocenters. The van der Waals surface area contributed by atoms with Crippen molar-refractivity contribution in [2.75, 3.05) is 19.4 Å². The molecule has 0 fully saturated rings. The number of nitrogens with one attached hydrogen (secondary N) is 2. The van der Waals surface area contributed by atoms with Gasteiger partial charge in [-0.15, -0.1) is 11.3 Å². The third-order valence-electron chi connectivity index (χ3n) is 3.67. The van der Waals surface area contributed by atoms with Crippen molar-refractivity contribution in [1.29, 1.82) is 0 Å². The van der Waals surface area contributed by atoms with Crippen LogP contribution in [0.3, 0.4) is 0 Å². The lowest BCUT2D eigenvalue weighted by Crippen LogP contribution is -2.34. The van der Waals surface area contributed by atoms with Crippen molar-refractivity contribution < 1.29 is 8.42 Å². The van der Waals surface area contributed by atoms with E-state index in [1.807, 2.05) is 11.4 Å². The van der Waals surface area contributed by atoms with Crippen molar-refractivity contribution in [3.63, 3.8) is 0 Å². The first kappa shape index (κ1) is 19.8. The smallest absolute Gasteiger partial charge is 0.242 e. The monoisotopic (exact) mass is 397 g/mol. The summed E-state index contributed by atoms with van der Waals surface area (Å²) in [5.41, 5.74) is 0.633. The molecule has 136 valence electrons. The van der Waals surface area contributed by atoms with Gasteiger partial charge in [-0.2, -0.15) is 0 Å². The number of anilines is 1. The molecule has 0 spiro atoms. The van der Waals surface area contributed by atoms with Crippen LogP contribution >= 0.6 is 23.6 Å². The average molecular weight is 398 g/mol. The van der Waals surface area contributed by atoms with Crippen molar-refractivity contribution in [2.24, 2.45) is 5.92 Å². The second kappa shape index (κ2) is 8.27. The van der Waals surface area contributed by atoms with Gasteiger partial charge >= 0.3 is 0 Å². The summed E-state index contributed by atoms with van der Waals surface area (Å²) in [6, 6.07) is 10.8. The number of nitrogens with zero attached hydrogens (tertiary/aromatic N) is 1. The molecule has 0 amide bonds. The fraction of sp³-hybridized carbons (Fsp3) is 0.353. The van der Waals surface area contributed by atoms with Crippen LogP contribution in [0, 0.1) is 5.92 Å². The lowest BCUT2D eigenvalue weighted by Gasteiger charge is -2.23. The van der Waals surface area contributed by atoms with Gasteiger partial charge < -0.3 is 10.6 Å². The molecule has 0 aliphatic heterocycles. The molecule has 0 aliphatic rings. The fourth-order valence-corrected chi connectivity index (χ4v) is 4.43. The summed E-state index contributed by atoms with van der Waals surface area (Å²) >= 11 is 7.10. The number of benzene rings is 1. The van der Waals surface area contributed by atoms with E-state index in [4.69, 9.17) is 12.2 Å². The van der Waals surface area contributed by atoms with Crippen molar-refractivity contribution in [3.05, 3.63) is 46.7 Å². The third-order valence-corrected chi connectivity index (χ3v) is 6.66. The predicted octanol–water partition coefficient (Wildman–Crippen LogP) is 3.68. The molecule has 2 N–H and O–H groups in total. The Morgan fingerprint density at radius 1 is 1.20 bits per heavy atom. The Balaban J connectivity index is 2.13. The minimum Gasteiger partial charge on any atom is -0.355 e. The quantitative estimate of drug-likeness (QED) is 0.728. The van der Waals surface area contributed by atoms with Crippen LogP contribution < -0.4 is 10.6 Å². The summed E-state index contributed by atoms with van der Waals surface area (Å²) < 4.78 is 25.7. The summed E-state index contributed by atoms with van der Waals surface area (Å²) in [4.78, 5) is 1.44. The molecular weight excluding hydrogens is 374 g/mol. The molecule has 1 aromatic carbocycles. The largest absolute Gasteiger partial charge is 0.355 e. The minimum absolute atomic E-state index is 0.105. The van der Waals surface area contributed by atoms with Crippen molar-refractivity contribution in [2.45, 2.75) is 24.8 Å². The SMILES string of the molecule is CC(C)[C@@H](NC(=S)Nc1cccc(S(=O)(=O)N(C)C)c1)c1cccs1. The second-order valence-corrected chi connectivity index (χ2v) is 9.69. The molecule has 8 heteroatoms. The average Bonchev–Trinajstić information content (AvgIpc) is 3.06. The first-order valence-corrected chi connectivity index (χ1v) is 10.6.